The molecule has 10 nitrogen and oxygen atoms in total. The molecule has 11 heteroatoms. The fraction of sp³-hybridized carbons (Fsp3) is 0.871. The molecular formula is C31H52BN3O7. The Hall–Kier alpha value is -1.66. The molecule has 0 radical (unpaired) electrons. The van der Waals surface area contributed by atoms with Crippen LogP contribution in [0.5, 0.6) is 0 Å². The van der Waals surface area contributed by atoms with Crippen LogP contribution in [-0.2, 0) is 34.8 Å². The summed E-state index contributed by atoms with van der Waals surface area (Å²) >= 11 is 0. The Labute approximate surface area is 252 Å². The first-order valence-corrected chi connectivity index (χ1v) is 15.6. The van der Waals surface area contributed by atoms with E-state index in [-0.39, 0.29) is 39.7 Å². The van der Waals surface area contributed by atoms with Gasteiger partial charge in [0.1, 0.15) is 6.61 Å². The summed E-state index contributed by atoms with van der Waals surface area (Å²) in [5.41, 5.74) is 1.97. The zero-order valence-corrected chi connectivity index (χ0v) is 27.1. The quantitative estimate of drug-likeness (QED) is 0.272. The smallest absolute Gasteiger partial charge is 0.447 e. The van der Waals surface area contributed by atoms with Crippen molar-refractivity contribution in [3.63, 3.8) is 0 Å². The molecule has 5 aliphatic rings. The van der Waals surface area contributed by atoms with E-state index in [9.17, 15) is 4.79 Å². The monoisotopic (exact) mass is 589 g/mol. The molecule has 42 heavy (non-hydrogen) atoms. The fourth-order valence-corrected chi connectivity index (χ4v) is 9.19. The number of nitrogens with one attached hydrogen (secondary N) is 1. The van der Waals surface area contributed by atoms with Gasteiger partial charge >= 0.3 is 13.2 Å². The second-order valence-corrected chi connectivity index (χ2v) is 15.3. The van der Waals surface area contributed by atoms with Crippen molar-refractivity contribution in [2.45, 2.75) is 110 Å². The van der Waals surface area contributed by atoms with Crippen molar-refractivity contribution >= 4 is 18.7 Å². The molecule has 1 amide bonds. The van der Waals surface area contributed by atoms with Gasteiger partial charge in [-0.25, -0.2) is 4.79 Å². The Morgan fingerprint density at radius 1 is 0.881 bits per heavy atom. The topological polar surface area (TPSA) is 102 Å². The number of carbonyl (C=O) groups is 1. The van der Waals surface area contributed by atoms with Gasteiger partial charge < -0.3 is 33.6 Å². The highest BCUT2D eigenvalue weighted by atomic mass is 16.7. The van der Waals surface area contributed by atoms with Crippen LogP contribution in [0.4, 0.5) is 4.79 Å². The average Bonchev–Trinajstić information content (AvgIpc) is 3.31. The zero-order valence-electron chi connectivity index (χ0n) is 27.1. The Balaban J connectivity index is 1.17. The molecule has 0 spiro atoms. The van der Waals surface area contributed by atoms with Crippen molar-refractivity contribution < 1.29 is 33.1 Å². The first-order chi connectivity index (χ1) is 19.6. The lowest BCUT2D eigenvalue weighted by molar-refractivity contribution is -0.250. The molecule has 1 saturated heterocycles. The number of aromatic nitrogens is 2. The van der Waals surface area contributed by atoms with Crippen LogP contribution in [-0.4, -0.2) is 86.5 Å². The zero-order chi connectivity index (χ0) is 30.4. The Morgan fingerprint density at radius 3 is 2.05 bits per heavy atom. The van der Waals surface area contributed by atoms with E-state index < -0.39 is 13.2 Å². The Morgan fingerprint density at radius 2 is 1.45 bits per heavy atom. The molecule has 1 N–H and O–H groups in total. The largest absolute Gasteiger partial charge is 0.498 e. The third kappa shape index (κ3) is 6.41. The molecule has 2 unspecified atom stereocenters. The summed E-state index contributed by atoms with van der Waals surface area (Å²) in [6, 6.07) is 0. The van der Waals surface area contributed by atoms with Crippen molar-refractivity contribution in [3.05, 3.63) is 11.9 Å². The van der Waals surface area contributed by atoms with Gasteiger partial charge in [0, 0.05) is 30.9 Å². The lowest BCUT2D eigenvalue weighted by atomic mass is 9.39. The molecule has 4 aliphatic carbocycles. The van der Waals surface area contributed by atoms with Crippen LogP contribution in [0.3, 0.4) is 0 Å². The lowest BCUT2D eigenvalue weighted by Crippen LogP contribution is -2.64. The number of rotatable bonds is 13. The first kappa shape index (κ1) is 31.8. The normalized spacial score (nSPS) is 34.2. The van der Waals surface area contributed by atoms with Crippen molar-refractivity contribution in [2.24, 2.45) is 16.2 Å². The van der Waals surface area contributed by atoms with Gasteiger partial charge in [0.2, 0.25) is 0 Å². The molecule has 1 aromatic heterocycles. The van der Waals surface area contributed by atoms with Gasteiger partial charge in [-0.3, -0.25) is 4.68 Å². The minimum atomic E-state index is -0.452. The van der Waals surface area contributed by atoms with Crippen molar-refractivity contribution in [3.8, 4) is 0 Å². The molecule has 4 bridgehead atoms. The van der Waals surface area contributed by atoms with Crippen LogP contribution in [0, 0.1) is 23.2 Å². The standard InChI is InChI=1S/C31H52BN3O7/c1-23-24(32-41-26(2,3)27(4,5)42-32)15-34-35(23)22-30-17-28(6)16-29(7,18-30)20-31(19-28,21-30)40-14-12-38-10-9-37-11-13-39-25(36)33-8/h15H,9-14,16-22H2,1-8H3,(H,33,36). The van der Waals surface area contributed by atoms with Crippen LogP contribution < -0.4 is 10.8 Å². The number of carbonyl (C=O) groups excluding carboxylic acids is 1. The predicted molar refractivity (Wildman–Crippen MR) is 160 cm³/mol. The molecule has 0 aromatic carbocycles. The highest BCUT2D eigenvalue weighted by Crippen LogP contribution is 2.72. The van der Waals surface area contributed by atoms with E-state index in [0.29, 0.717) is 33.0 Å². The lowest BCUT2D eigenvalue weighted by Gasteiger charge is -2.69. The first-order valence-electron chi connectivity index (χ1n) is 15.6. The minimum absolute atomic E-state index is 0.120. The van der Waals surface area contributed by atoms with Gasteiger partial charge in [-0.15, -0.1) is 0 Å². The van der Waals surface area contributed by atoms with E-state index >= 15 is 0 Å². The highest BCUT2D eigenvalue weighted by Gasteiger charge is 2.66. The van der Waals surface area contributed by atoms with Gasteiger partial charge in [-0.1, -0.05) is 13.8 Å². The second kappa shape index (κ2) is 11.4. The summed E-state index contributed by atoms with van der Waals surface area (Å²) in [6.45, 7) is 19.0. The van der Waals surface area contributed by atoms with Gasteiger partial charge in [0.25, 0.3) is 0 Å². The number of amides is 1. The van der Waals surface area contributed by atoms with Gasteiger partial charge in [-0.05, 0) is 89.4 Å². The van der Waals surface area contributed by atoms with E-state index in [1.165, 1.54) is 26.3 Å². The van der Waals surface area contributed by atoms with Crippen LogP contribution in [0.15, 0.2) is 6.20 Å². The molecule has 1 aromatic rings. The summed E-state index contributed by atoms with van der Waals surface area (Å²) in [5.74, 6) is 0. The summed E-state index contributed by atoms with van der Waals surface area (Å²) < 4.78 is 37.9. The fourth-order valence-electron chi connectivity index (χ4n) is 9.19. The van der Waals surface area contributed by atoms with Crippen molar-refractivity contribution in [1.82, 2.24) is 15.1 Å². The Bertz CT molecular complexity index is 1100. The number of alkyl carbamates (subject to hydrolysis) is 1. The van der Waals surface area contributed by atoms with E-state index in [1.54, 1.807) is 0 Å². The third-order valence-electron chi connectivity index (χ3n) is 10.5. The van der Waals surface area contributed by atoms with Crippen molar-refractivity contribution in [2.75, 3.05) is 46.7 Å². The van der Waals surface area contributed by atoms with Crippen LogP contribution in [0.1, 0.15) is 85.8 Å². The minimum Gasteiger partial charge on any atom is -0.447 e. The molecule has 4 saturated carbocycles. The molecule has 5 fully saturated rings. The molecular weight excluding hydrogens is 537 g/mol. The maximum atomic E-state index is 11.1. The summed E-state index contributed by atoms with van der Waals surface area (Å²) in [4.78, 5) is 11.1. The molecule has 236 valence electrons. The van der Waals surface area contributed by atoms with Crippen molar-refractivity contribution in [1.29, 1.82) is 0 Å². The van der Waals surface area contributed by atoms with Crippen LogP contribution >= 0.6 is 0 Å². The van der Waals surface area contributed by atoms with Gasteiger partial charge in [-0.2, -0.15) is 5.10 Å². The molecule has 6 rings (SSSR count). The summed E-state index contributed by atoms with van der Waals surface area (Å²) in [5, 5.41) is 7.30. The third-order valence-corrected chi connectivity index (χ3v) is 10.5. The number of nitrogens with zero attached hydrogens (tertiary/aromatic N) is 2. The van der Waals surface area contributed by atoms with Crippen LogP contribution in [0.25, 0.3) is 0 Å². The number of ether oxygens (including phenoxy) is 4. The molecule has 2 atom stereocenters. The average molecular weight is 590 g/mol. The Kier molecular flexibility index (Phi) is 8.59. The number of hydrogen-bond donors (Lipinski definition) is 1. The van der Waals surface area contributed by atoms with Gasteiger partial charge in [0.05, 0.1) is 49.8 Å². The van der Waals surface area contributed by atoms with Gasteiger partial charge in [0.15, 0.2) is 0 Å². The number of hydrogen-bond acceptors (Lipinski definition) is 8. The maximum absolute atomic E-state index is 11.1. The predicted octanol–water partition coefficient (Wildman–Crippen LogP) is 4.02. The highest BCUT2D eigenvalue weighted by molar-refractivity contribution is 6.62. The summed E-state index contributed by atoms with van der Waals surface area (Å²) in [6.07, 6.45) is 8.47. The second-order valence-electron chi connectivity index (χ2n) is 15.3. The molecule has 1 aliphatic heterocycles. The molecule has 2 heterocycles. The van der Waals surface area contributed by atoms with E-state index in [1.807, 2.05) is 6.20 Å². The SMILES string of the molecule is CNC(=O)OCCOCCOCCOC12CC3(C)CC(C)(CC(Cn4ncc(B5OC(C)(C)C(C)(C)O5)c4C)(C3)C1)C2. The summed E-state index contributed by atoms with van der Waals surface area (Å²) in [7, 11) is 1.13. The maximum Gasteiger partial charge on any atom is 0.498 e. The van der Waals surface area contributed by atoms with E-state index in [4.69, 9.17) is 33.4 Å². The van der Waals surface area contributed by atoms with E-state index in [0.717, 1.165) is 37.0 Å². The van der Waals surface area contributed by atoms with E-state index in [2.05, 4.69) is 58.5 Å². The van der Waals surface area contributed by atoms with Crippen LogP contribution in [0.2, 0.25) is 0 Å².